The van der Waals surface area contributed by atoms with Crippen molar-refractivity contribution in [2.45, 2.75) is 156 Å². The fraction of sp³-hybridized carbons (Fsp3) is 0.279. The van der Waals surface area contributed by atoms with Crippen LogP contribution in [0.3, 0.4) is 0 Å². The molecule has 12 nitrogen and oxygen atoms in total. The van der Waals surface area contributed by atoms with Crippen LogP contribution < -0.4 is 19.3 Å². The van der Waals surface area contributed by atoms with E-state index < -0.39 is 57.2 Å². The number of hydrogen-bond acceptors (Lipinski definition) is 10. The average molecular weight is 1300 g/mol. The molecule has 4 amide bonds. The first-order valence-corrected chi connectivity index (χ1v) is 33.7. The van der Waals surface area contributed by atoms with E-state index in [1.807, 2.05) is 109 Å². The van der Waals surface area contributed by atoms with Crippen molar-refractivity contribution in [1.82, 2.24) is 0 Å². The fourth-order valence-electron chi connectivity index (χ4n) is 14.9. The van der Waals surface area contributed by atoms with E-state index in [4.69, 9.17) is 18.9 Å². The number of imide groups is 2. The maximum absolute atomic E-state index is 15.8. The number of anilines is 2. The Balaban J connectivity index is 0.840. The number of carbonyl (C=O) groups excluding carboxylic acids is 6. The highest BCUT2D eigenvalue weighted by Gasteiger charge is 2.48. The topological polar surface area (TPSA) is 146 Å². The Bertz CT molecular complexity index is 4920. The molecule has 11 aromatic rings. The van der Waals surface area contributed by atoms with E-state index in [9.17, 15) is 9.59 Å². The van der Waals surface area contributed by atoms with E-state index in [0.29, 0.717) is 55.3 Å². The second-order valence-corrected chi connectivity index (χ2v) is 32.2. The van der Waals surface area contributed by atoms with Crippen LogP contribution in [0.1, 0.15) is 229 Å². The Morgan fingerprint density at radius 1 is 0.357 bits per heavy atom. The first-order chi connectivity index (χ1) is 46.1. The molecule has 0 bridgehead atoms. The zero-order chi connectivity index (χ0) is 69.6. The minimum atomic E-state index is -0.823. The number of nitrogens with zero attached hydrogens (tertiary/aromatic N) is 2. The lowest BCUT2D eigenvalue weighted by Crippen LogP contribution is -2.41. The van der Waals surface area contributed by atoms with Crippen LogP contribution >= 0.6 is 0 Å². The first-order valence-electron chi connectivity index (χ1n) is 33.7. The molecular weight excluding hydrogens is 1220 g/mol. The summed E-state index contributed by atoms with van der Waals surface area (Å²) in [5, 5.41) is 5.30. The Kier molecular flexibility index (Phi) is 14.0. The van der Waals surface area contributed by atoms with E-state index in [2.05, 4.69) is 135 Å². The summed E-state index contributed by atoms with van der Waals surface area (Å²) in [5.74, 6) is -2.17. The molecule has 492 valence electrons. The van der Waals surface area contributed by atoms with Gasteiger partial charge in [-0.05, 0) is 136 Å². The third-order valence-electron chi connectivity index (χ3n) is 20.9. The van der Waals surface area contributed by atoms with Crippen molar-refractivity contribution in [3.05, 3.63) is 247 Å². The van der Waals surface area contributed by atoms with Crippen LogP contribution in [0, 0.1) is 0 Å². The predicted molar refractivity (Wildman–Crippen MR) is 386 cm³/mol. The molecule has 0 aromatic heterocycles. The van der Waals surface area contributed by atoms with Crippen LogP contribution in [0.2, 0.25) is 0 Å². The van der Waals surface area contributed by atoms with Crippen LogP contribution in [0.5, 0.6) is 23.0 Å². The van der Waals surface area contributed by atoms with Crippen molar-refractivity contribution < 1.29 is 47.7 Å². The van der Waals surface area contributed by atoms with E-state index in [0.717, 1.165) is 77.2 Å². The summed E-state index contributed by atoms with van der Waals surface area (Å²) in [6, 6.07) is 49.5. The Hall–Kier alpha value is -10.5. The lowest BCUT2D eigenvalue weighted by atomic mass is 9.71. The number of amides is 4. The summed E-state index contributed by atoms with van der Waals surface area (Å²) in [5.41, 5.74) is 7.17. The number of carbonyl (C=O) groups is 6. The second-order valence-electron chi connectivity index (χ2n) is 32.2. The fourth-order valence-corrected chi connectivity index (χ4v) is 14.9. The summed E-state index contributed by atoms with van der Waals surface area (Å²) in [6.07, 6.45) is 0. The molecule has 11 aromatic carbocycles. The number of esters is 2. The molecule has 0 fully saturated rings. The lowest BCUT2D eigenvalue weighted by Gasteiger charge is -2.40. The van der Waals surface area contributed by atoms with E-state index >= 15 is 19.2 Å². The Morgan fingerprint density at radius 3 is 0.918 bits per heavy atom. The van der Waals surface area contributed by atoms with Gasteiger partial charge in [0.15, 0.2) is 11.5 Å². The molecule has 0 spiro atoms. The van der Waals surface area contributed by atoms with Crippen molar-refractivity contribution in [2.75, 3.05) is 9.80 Å². The van der Waals surface area contributed by atoms with Gasteiger partial charge >= 0.3 is 11.9 Å². The van der Waals surface area contributed by atoms with Crippen LogP contribution in [0.4, 0.5) is 11.4 Å². The highest BCUT2D eigenvalue weighted by Crippen LogP contribution is 2.59. The van der Waals surface area contributed by atoms with Gasteiger partial charge in [0.2, 0.25) is 0 Å². The van der Waals surface area contributed by atoms with Crippen LogP contribution in [-0.2, 0) is 55.2 Å². The number of ether oxygens (including phenoxy) is 4. The minimum absolute atomic E-state index is 0.0423. The van der Waals surface area contributed by atoms with Crippen molar-refractivity contribution in [1.29, 1.82) is 0 Å². The largest absolute Gasteiger partial charge is 0.457 e. The highest BCUT2D eigenvalue weighted by molar-refractivity contribution is 6.45. The zero-order valence-electron chi connectivity index (χ0n) is 58.4. The quantitative estimate of drug-likeness (QED) is 0.0623. The first kappa shape index (κ1) is 63.6. The molecule has 0 saturated carbocycles. The molecule has 0 N–H and O–H groups in total. The van der Waals surface area contributed by atoms with Crippen molar-refractivity contribution in [2.24, 2.45) is 0 Å². The zero-order valence-corrected chi connectivity index (χ0v) is 58.4. The summed E-state index contributed by atoms with van der Waals surface area (Å²) in [6.45, 7) is 33.6. The predicted octanol–water partition coefficient (Wildman–Crippen LogP) is 20.1. The van der Waals surface area contributed by atoms with Crippen molar-refractivity contribution in [3.8, 4) is 23.0 Å². The van der Waals surface area contributed by atoms with Gasteiger partial charge in [-0.1, -0.05) is 220 Å². The summed E-state index contributed by atoms with van der Waals surface area (Å²) in [4.78, 5) is 94.9. The molecule has 0 radical (unpaired) electrons. The minimum Gasteiger partial charge on any atom is -0.457 e. The third-order valence-corrected chi connectivity index (χ3v) is 20.9. The molecule has 0 saturated heterocycles. The molecule has 0 aliphatic carbocycles. The van der Waals surface area contributed by atoms with Gasteiger partial charge in [0.25, 0.3) is 23.6 Å². The molecule has 0 atom stereocenters. The monoisotopic (exact) mass is 1300 g/mol. The Labute approximate surface area is 570 Å². The van der Waals surface area contributed by atoms with Gasteiger partial charge in [-0.2, -0.15) is 0 Å². The van der Waals surface area contributed by atoms with Crippen LogP contribution in [-0.4, -0.2) is 35.6 Å². The van der Waals surface area contributed by atoms with Gasteiger partial charge in [0, 0.05) is 66.1 Å². The maximum atomic E-state index is 15.8. The molecular formula is C86H78N2O10. The maximum Gasteiger partial charge on any atom is 0.342 e. The van der Waals surface area contributed by atoms with Gasteiger partial charge in [0.1, 0.15) is 35.8 Å². The number of rotatable bonds is 8. The molecule has 4 aliphatic heterocycles. The number of benzene rings is 11. The normalized spacial score (nSPS) is 15.5. The Morgan fingerprint density at radius 2 is 0.633 bits per heavy atom. The summed E-state index contributed by atoms with van der Waals surface area (Å²) < 4.78 is 26.3. The molecule has 4 aliphatic rings. The molecule has 12 heteroatoms. The average Bonchev–Trinajstić information content (AvgIpc) is 0.695. The molecule has 15 rings (SSSR count). The summed E-state index contributed by atoms with van der Waals surface area (Å²) >= 11 is 0. The van der Waals surface area contributed by atoms with Crippen molar-refractivity contribution in [3.63, 3.8) is 0 Å². The van der Waals surface area contributed by atoms with Crippen molar-refractivity contribution >= 4 is 90.0 Å². The van der Waals surface area contributed by atoms with Gasteiger partial charge in [-0.25, -0.2) is 19.4 Å². The van der Waals surface area contributed by atoms with Gasteiger partial charge in [0.05, 0.1) is 11.4 Å². The number of hydrogen-bond donors (Lipinski definition) is 0. The van der Waals surface area contributed by atoms with Gasteiger partial charge in [-0.15, -0.1) is 0 Å². The SMILES string of the molecule is CC(C)(C)c1cc(C(=O)OCc2ccccc2)c2c(c1)C(C)(C)c1cc(C(C)(C)C)cc(N3C(=O)c4ccc5c6ccc7c8c(ccc(c9ccc(c4c59)C3=O)c86)C(=O)N(c3cc(C(C)(C)C)cc4c3Oc3c(C(=O)OCc5ccccc5)cc(C(C)(C)C)cc3C4(C)C)C7=O)c1O2. The van der Waals surface area contributed by atoms with E-state index in [1.165, 1.54) is 9.80 Å². The van der Waals surface area contributed by atoms with E-state index in [1.54, 1.807) is 24.3 Å². The van der Waals surface area contributed by atoms with Crippen LogP contribution in [0.15, 0.2) is 158 Å². The van der Waals surface area contributed by atoms with Gasteiger partial charge < -0.3 is 18.9 Å². The molecule has 0 unspecified atom stereocenters. The van der Waals surface area contributed by atoms with E-state index in [-0.39, 0.29) is 58.0 Å². The summed E-state index contributed by atoms with van der Waals surface area (Å²) in [7, 11) is 0. The molecule has 4 heterocycles. The highest BCUT2D eigenvalue weighted by atomic mass is 16.5. The number of fused-ring (bicyclic) bond motifs is 6. The lowest BCUT2D eigenvalue weighted by molar-refractivity contribution is 0.0460. The molecule has 98 heavy (non-hydrogen) atoms. The standard InChI is InChI=1S/C86H78N2O10/c1-81(2,3)47-35-59(79(93)95-43-45-23-19-17-20-24-45)71-61(37-47)85(13,14)63-39-49(83(7,8)9)41-65(73(63)97-71)87-75(89)55-31-27-51-53-29-33-57-70-58(34-30-54(68(53)70)52-28-32-56(76(87)90)69(55)67(51)52)78(92)88(77(57)91)66-42-50(84(10,11)12)40-64-74(66)98-72-60(80(94)96-44-46-25-21-18-22-26-46)36-48(82(4,5)6)38-62(72)86(64,15)16/h17-42H,43-44H2,1-16H3. The third kappa shape index (κ3) is 9.66. The van der Waals surface area contributed by atoms with Crippen LogP contribution in [0.25, 0.3) is 43.1 Å². The smallest absolute Gasteiger partial charge is 0.342 e. The second kappa shape index (κ2) is 21.5. The van der Waals surface area contributed by atoms with Gasteiger partial charge in [-0.3, -0.25) is 19.2 Å².